The van der Waals surface area contributed by atoms with Crippen LogP contribution < -0.4 is 4.90 Å². The number of para-hydroxylation sites is 1. The Labute approximate surface area is 113 Å². The molecule has 0 saturated heterocycles. The molecule has 2 heterocycles. The van der Waals surface area contributed by atoms with Crippen molar-refractivity contribution in [3.8, 4) is 0 Å². The molecule has 0 unspecified atom stereocenters. The quantitative estimate of drug-likeness (QED) is 0.836. The minimum absolute atomic E-state index is 0.952. The van der Waals surface area contributed by atoms with Crippen LogP contribution >= 0.6 is 0 Å². The zero-order valence-corrected chi connectivity index (χ0v) is 11.1. The second-order valence-electron chi connectivity index (χ2n) is 4.73. The zero-order chi connectivity index (χ0) is 13.1. The van der Waals surface area contributed by atoms with Gasteiger partial charge < -0.3 is 4.90 Å². The summed E-state index contributed by atoms with van der Waals surface area (Å²) in [6.45, 7) is 0.959. The molecule has 1 aromatic carbocycles. The van der Waals surface area contributed by atoms with Crippen LogP contribution in [-0.2, 0) is 0 Å². The van der Waals surface area contributed by atoms with Crippen molar-refractivity contribution in [3.63, 3.8) is 0 Å². The number of nitrogens with zero attached hydrogens (tertiary/aromatic N) is 3. The lowest BCUT2D eigenvalue weighted by molar-refractivity contribution is 0.951. The van der Waals surface area contributed by atoms with E-state index in [1.165, 1.54) is 12.1 Å². The van der Waals surface area contributed by atoms with Gasteiger partial charge in [0.05, 0.1) is 0 Å². The van der Waals surface area contributed by atoms with Crippen LogP contribution in [0.5, 0.6) is 0 Å². The molecule has 1 aromatic heterocycles. The van der Waals surface area contributed by atoms with Gasteiger partial charge in [-0.2, -0.15) is 0 Å². The van der Waals surface area contributed by atoms with Crippen LogP contribution in [0.1, 0.15) is 18.4 Å². The minimum Gasteiger partial charge on any atom is -0.329 e. The van der Waals surface area contributed by atoms with Gasteiger partial charge in [-0.1, -0.05) is 18.2 Å². The molecule has 0 N–H and O–H groups in total. The first-order valence-corrected chi connectivity index (χ1v) is 6.63. The van der Waals surface area contributed by atoms with Crippen molar-refractivity contribution in [1.82, 2.24) is 4.98 Å². The number of hydrogen-bond donors (Lipinski definition) is 0. The fraction of sp³-hybridized carbons (Fsp3) is 0.250. The Balaban J connectivity index is 1.82. The van der Waals surface area contributed by atoms with Crippen molar-refractivity contribution in [2.24, 2.45) is 4.99 Å². The highest BCUT2D eigenvalue weighted by atomic mass is 15.2. The summed E-state index contributed by atoms with van der Waals surface area (Å²) in [6.07, 6.45) is 4.18. The highest BCUT2D eigenvalue weighted by Gasteiger charge is 2.10. The molecule has 3 heteroatoms. The van der Waals surface area contributed by atoms with E-state index in [1.807, 2.05) is 31.4 Å². The van der Waals surface area contributed by atoms with Crippen LogP contribution in [0.25, 0.3) is 0 Å². The van der Waals surface area contributed by atoms with Gasteiger partial charge in [-0.25, -0.2) is 4.98 Å². The fourth-order valence-electron chi connectivity index (χ4n) is 2.31. The highest BCUT2D eigenvalue weighted by molar-refractivity contribution is 6.01. The van der Waals surface area contributed by atoms with Gasteiger partial charge in [-0.15, -0.1) is 0 Å². The molecule has 0 saturated carbocycles. The second kappa shape index (κ2) is 5.22. The summed E-state index contributed by atoms with van der Waals surface area (Å²) in [5.41, 5.74) is 3.49. The first kappa shape index (κ1) is 11.9. The van der Waals surface area contributed by atoms with E-state index in [0.717, 1.165) is 30.0 Å². The molecule has 0 fully saturated rings. The second-order valence-corrected chi connectivity index (χ2v) is 4.73. The van der Waals surface area contributed by atoms with Crippen LogP contribution in [0.4, 0.5) is 11.5 Å². The molecule has 0 amide bonds. The third kappa shape index (κ3) is 2.50. The number of aromatic nitrogens is 1. The Morgan fingerprint density at radius 1 is 1.05 bits per heavy atom. The Hall–Kier alpha value is -2.16. The highest BCUT2D eigenvalue weighted by Crippen LogP contribution is 2.22. The van der Waals surface area contributed by atoms with E-state index in [2.05, 4.69) is 39.1 Å². The minimum atomic E-state index is 0.952. The van der Waals surface area contributed by atoms with Crippen molar-refractivity contribution in [2.75, 3.05) is 18.5 Å². The van der Waals surface area contributed by atoms with Crippen LogP contribution in [0.15, 0.2) is 53.7 Å². The zero-order valence-electron chi connectivity index (χ0n) is 11.1. The summed E-state index contributed by atoms with van der Waals surface area (Å²) in [5, 5.41) is 0. The molecule has 96 valence electrons. The molecule has 19 heavy (non-hydrogen) atoms. The van der Waals surface area contributed by atoms with E-state index in [9.17, 15) is 0 Å². The summed E-state index contributed by atoms with van der Waals surface area (Å²) in [4.78, 5) is 11.1. The number of anilines is 2. The van der Waals surface area contributed by atoms with Crippen LogP contribution in [-0.4, -0.2) is 24.3 Å². The molecule has 0 aliphatic carbocycles. The number of rotatable bonds is 3. The average molecular weight is 251 g/mol. The van der Waals surface area contributed by atoms with Gasteiger partial charge >= 0.3 is 0 Å². The van der Waals surface area contributed by atoms with Crippen LogP contribution in [0.3, 0.4) is 0 Å². The monoisotopic (exact) mass is 251 g/mol. The SMILES string of the molecule is CN(c1ccccc1)c1ccc(C2=NCCC2)cn1. The van der Waals surface area contributed by atoms with Gasteiger partial charge in [-0.05, 0) is 37.1 Å². The molecule has 1 aliphatic heterocycles. The molecular formula is C16H17N3. The summed E-state index contributed by atoms with van der Waals surface area (Å²) in [6, 6.07) is 14.4. The predicted molar refractivity (Wildman–Crippen MR) is 79.4 cm³/mol. The summed E-state index contributed by atoms with van der Waals surface area (Å²) in [7, 11) is 2.03. The van der Waals surface area contributed by atoms with Crippen molar-refractivity contribution < 1.29 is 0 Å². The molecule has 1 aliphatic rings. The first-order chi connectivity index (χ1) is 9.34. The number of hydrogen-bond acceptors (Lipinski definition) is 3. The maximum Gasteiger partial charge on any atom is 0.132 e. The maximum absolute atomic E-state index is 4.54. The third-order valence-corrected chi connectivity index (χ3v) is 3.44. The molecule has 0 atom stereocenters. The van der Waals surface area contributed by atoms with E-state index in [1.54, 1.807) is 0 Å². The van der Waals surface area contributed by atoms with E-state index in [-0.39, 0.29) is 0 Å². The molecular weight excluding hydrogens is 234 g/mol. The standard InChI is InChI=1S/C16H17N3/c1-19(14-6-3-2-4-7-14)16-10-9-13(12-18-16)15-8-5-11-17-15/h2-4,6-7,9-10,12H,5,8,11H2,1H3. The lowest BCUT2D eigenvalue weighted by atomic mass is 10.1. The predicted octanol–water partition coefficient (Wildman–Crippen LogP) is 3.43. The maximum atomic E-state index is 4.54. The molecule has 2 aromatic rings. The Kier molecular flexibility index (Phi) is 3.27. The fourth-order valence-corrected chi connectivity index (χ4v) is 2.31. The molecule has 3 rings (SSSR count). The normalized spacial score (nSPS) is 14.3. The Bertz CT molecular complexity index is 573. The Morgan fingerprint density at radius 2 is 1.89 bits per heavy atom. The van der Waals surface area contributed by atoms with Crippen LogP contribution in [0, 0.1) is 0 Å². The average Bonchev–Trinajstić information content (AvgIpc) is 3.02. The van der Waals surface area contributed by atoms with E-state index in [4.69, 9.17) is 0 Å². The smallest absolute Gasteiger partial charge is 0.132 e. The third-order valence-electron chi connectivity index (χ3n) is 3.44. The van der Waals surface area contributed by atoms with Gasteiger partial charge in [-0.3, -0.25) is 4.99 Å². The van der Waals surface area contributed by atoms with Gasteiger partial charge in [0, 0.05) is 36.8 Å². The number of benzene rings is 1. The Morgan fingerprint density at radius 3 is 2.53 bits per heavy atom. The lowest BCUT2D eigenvalue weighted by Gasteiger charge is -2.18. The summed E-state index contributed by atoms with van der Waals surface area (Å²) in [5.74, 6) is 0.952. The number of aliphatic imine (C=N–C) groups is 1. The van der Waals surface area contributed by atoms with Crippen molar-refractivity contribution in [1.29, 1.82) is 0 Å². The van der Waals surface area contributed by atoms with Gasteiger partial charge in [0.2, 0.25) is 0 Å². The van der Waals surface area contributed by atoms with Crippen molar-refractivity contribution >= 4 is 17.2 Å². The summed E-state index contributed by atoms with van der Waals surface area (Å²) < 4.78 is 0. The van der Waals surface area contributed by atoms with Gasteiger partial charge in [0.1, 0.15) is 5.82 Å². The van der Waals surface area contributed by atoms with E-state index in [0.29, 0.717) is 0 Å². The topological polar surface area (TPSA) is 28.5 Å². The van der Waals surface area contributed by atoms with Crippen molar-refractivity contribution in [2.45, 2.75) is 12.8 Å². The molecule has 3 nitrogen and oxygen atoms in total. The van der Waals surface area contributed by atoms with Crippen molar-refractivity contribution in [3.05, 3.63) is 54.2 Å². The molecule has 0 bridgehead atoms. The summed E-state index contributed by atoms with van der Waals surface area (Å²) >= 11 is 0. The molecule has 0 radical (unpaired) electrons. The first-order valence-electron chi connectivity index (χ1n) is 6.63. The van der Waals surface area contributed by atoms with E-state index < -0.39 is 0 Å². The van der Waals surface area contributed by atoms with Crippen LogP contribution in [0.2, 0.25) is 0 Å². The van der Waals surface area contributed by atoms with E-state index >= 15 is 0 Å². The lowest BCUT2D eigenvalue weighted by Crippen LogP contribution is -2.11. The number of pyridine rings is 1. The van der Waals surface area contributed by atoms with Gasteiger partial charge in [0.15, 0.2) is 0 Å². The largest absolute Gasteiger partial charge is 0.329 e. The van der Waals surface area contributed by atoms with Gasteiger partial charge in [0.25, 0.3) is 0 Å². The molecule has 0 spiro atoms.